The third-order valence-electron chi connectivity index (χ3n) is 2.92. The van der Waals surface area contributed by atoms with Crippen molar-refractivity contribution in [3.63, 3.8) is 0 Å². The molecule has 0 bridgehead atoms. The minimum absolute atomic E-state index is 0.470. The molecule has 0 aliphatic heterocycles. The highest BCUT2D eigenvalue weighted by molar-refractivity contribution is 9.11. The molecule has 5 heteroatoms. The molecule has 2 aromatic rings. The summed E-state index contributed by atoms with van der Waals surface area (Å²) in [5, 5.41) is 14.3. The van der Waals surface area contributed by atoms with E-state index in [9.17, 15) is 5.11 Å². The molecular weight excluding hydrogens is 360 g/mol. The van der Waals surface area contributed by atoms with Crippen LogP contribution in [0.3, 0.4) is 0 Å². The fourth-order valence-electron chi connectivity index (χ4n) is 1.86. The lowest BCUT2D eigenvalue weighted by Crippen LogP contribution is -2.04. The van der Waals surface area contributed by atoms with Crippen LogP contribution in [-0.2, 0) is 13.5 Å². The van der Waals surface area contributed by atoms with Crippen LogP contribution < -0.4 is 0 Å². The van der Waals surface area contributed by atoms with Gasteiger partial charge in [-0.15, -0.1) is 0 Å². The molecule has 1 aromatic heterocycles. The first-order valence-corrected chi connectivity index (χ1v) is 7.26. The van der Waals surface area contributed by atoms with Crippen LogP contribution in [0.25, 0.3) is 0 Å². The van der Waals surface area contributed by atoms with Crippen molar-refractivity contribution in [1.29, 1.82) is 0 Å². The van der Waals surface area contributed by atoms with Crippen molar-refractivity contribution in [2.75, 3.05) is 0 Å². The molecule has 0 radical (unpaired) electrons. The van der Waals surface area contributed by atoms with E-state index in [1.165, 1.54) is 0 Å². The van der Waals surface area contributed by atoms with Crippen LogP contribution in [0.1, 0.15) is 23.8 Å². The number of hydrogen-bond donors (Lipinski definition) is 1. The Labute approximate surface area is 123 Å². The number of aryl methyl sites for hydroxylation is 2. The number of aromatic nitrogens is 2. The van der Waals surface area contributed by atoms with E-state index < -0.39 is 6.10 Å². The number of rotatable bonds is 4. The molecule has 3 nitrogen and oxygen atoms in total. The molecule has 1 aromatic carbocycles. The summed E-state index contributed by atoms with van der Waals surface area (Å²) in [6.07, 6.45) is 2.79. The molecule has 0 amide bonds. The Morgan fingerprint density at radius 1 is 1.33 bits per heavy atom. The summed E-state index contributed by atoms with van der Waals surface area (Å²) in [6.45, 7) is 0. The molecule has 1 unspecified atom stereocenters. The highest BCUT2D eigenvalue weighted by Gasteiger charge is 2.12. The van der Waals surface area contributed by atoms with Crippen LogP contribution in [0, 0.1) is 0 Å². The van der Waals surface area contributed by atoms with E-state index in [1.54, 1.807) is 6.20 Å². The molecule has 18 heavy (non-hydrogen) atoms. The van der Waals surface area contributed by atoms with Crippen LogP contribution in [0.15, 0.2) is 39.4 Å². The summed E-state index contributed by atoms with van der Waals surface area (Å²) in [4.78, 5) is 0. The van der Waals surface area contributed by atoms with E-state index >= 15 is 0 Å². The van der Waals surface area contributed by atoms with Gasteiger partial charge in [-0.2, -0.15) is 5.10 Å². The second-order valence-corrected chi connectivity index (χ2v) is 5.94. The van der Waals surface area contributed by atoms with Crippen LogP contribution in [0.2, 0.25) is 0 Å². The van der Waals surface area contributed by atoms with E-state index in [0.29, 0.717) is 6.42 Å². The van der Waals surface area contributed by atoms with Gasteiger partial charge in [-0.05, 0) is 36.6 Å². The van der Waals surface area contributed by atoms with Gasteiger partial charge < -0.3 is 5.11 Å². The summed E-state index contributed by atoms with van der Waals surface area (Å²) in [5.41, 5.74) is 2.04. The first kappa shape index (κ1) is 13.8. The van der Waals surface area contributed by atoms with E-state index in [0.717, 1.165) is 26.6 Å². The average molecular weight is 374 g/mol. The number of nitrogens with zero attached hydrogens (tertiary/aromatic N) is 2. The van der Waals surface area contributed by atoms with Crippen LogP contribution >= 0.6 is 31.9 Å². The minimum Gasteiger partial charge on any atom is -0.388 e. The van der Waals surface area contributed by atoms with Gasteiger partial charge in [0.15, 0.2) is 0 Å². The zero-order chi connectivity index (χ0) is 13.1. The number of aliphatic hydroxyl groups is 1. The summed E-state index contributed by atoms with van der Waals surface area (Å²) < 4.78 is 3.76. The van der Waals surface area contributed by atoms with Crippen molar-refractivity contribution in [2.45, 2.75) is 18.9 Å². The zero-order valence-corrected chi connectivity index (χ0v) is 13.1. The number of hydrogen-bond acceptors (Lipinski definition) is 2. The smallest absolute Gasteiger partial charge is 0.0804 e. The lowest BCUT2D eigenvalue weighted by molar-refractivity contribution is 0.166. The van der Waals surface area contributed by atoms with Crippen molar-refractivity contribution < 1.29 is 5.11 Å². The van der Waals surface area contributed by atoms with Crippen molar-refractivity contribution in [1.82, 2.24) is 9.78 Å². The van der Waals surface area contributed by atoms with Gasteiger partial charge in [-0.25, -0.2) is 0 Å². The Hall–Kier alpha value is -0.650. The summed E-state index contributed by atoms with van der Waals surface area (Å²) in [5.74, 6) is 0. The Morgan fingerprint density at radius 3 is 2.72 bits per heavy atom. The molecule has 1 atom stereocenters. The molecule has 1 heterocycles. The second kappa shape index (κ2) is 5.99. The highest BCUT2D eigenvalue weighted by atomic mass is 79.9. The highest BCUT2D eigenvalue weighted by Crippen LogP contribution is 2.29. The minimum atomic E-state index is -0.470. The molecule has 0 saturated carbocycles. The van der Waals surface area contributed by atoms with E-state index in [1.807, 2.05) is 36.0 Å². The first-order chi connectivity index (χ1) is 8.58. The fourth-order valence-corrected chi connectivity index (χ4v) is 3.17. The number of halogens is 2. The summed E-state index contributed by atoms with van der Waals surface area (Å²) >= 11 is 6.88. The Balaban J connectivity index is 2.03. The number of benzene rings is 1. The Morgan fingerprint density at radius 2 is 2.11 bits per heavy atom. The molecule has 0 saturated heterocycles. The Bertz CT molecular complexity index is 540. The van der Waals surface area contributed by atoms with Crippen molar-refractivity contribution in [3.05, 3.63) is 50.7 Å². The zero-order valence-electron chi connectivity index (χ0n) is 9.98. The fraction of sp³-hybridized carbons (Fsp3) is 0.308. The Kier molecular flexibility index (Phi) is 4.59. The average Bonchev–Trinajstić information content (AvgIpc) is 2.72. The largest absolute Gasteiger partial charge is 0.388 e. The van der Waals surface area contributed by atoms with Gasteiger partial charge in [0.2, 0.25) is 0 Å². The van der Waals surface area contributed by atoms with Gasteiger partial charge in [0.1, 0.15) is 0 Å². The van der Waals surface area contributed by atoms with Crippen molar-refractivity contribution in [2.24, 2.45) is 7.05 Å². The van der Waals surface area contributed by atoms with Crippen LogP contribution in [-0.4, -0.2) is 14.9 Å². The predicted molar refractivity (Wildman–Crippen MR) is 78.3 cm³/mol. The van der Waals surface area contributed by atoms with E-state index in [2.05, 4.69) is 37.0 Å². The quantitative estimate of drug-likeness (QED) is 0.888. The molecule has 96 valence electrons. The molecular formula is C13H14Br2N2O. The maximum atomic E-state index is 10.2. The maximum absolute atomic E-state index is 10.2. The van der Waals surface area contributed by atoms with Gasteiger partial charge in [0, 0.05) is 27.9 Å². The molecule has 0 aliphatic carbocycles. The summed E-state index contributed by atoms with van der Waals surface area (Å²) in [7, 11) is 1.91. The van der Waals surface area contributed by atoms with Gasteiger partial charge in [-0.3, -0.25) is 4.68 Å². The molecule has 0 fully saturated rings. The molecule has 0 spiro atoms. The second-order valence-electron chi connectivity index (χ2n) is 4.17. The standard InChI is InChI=1S/C13H14Br2N2O/c1-17-10(6-7-16-17)3-5-13(18)11-4-2-9(14)8-12(11)15/h2,4,6-8,13,18H,3,5H2,1H3. The molecule has 2 rings (SSSR count). The van der Waals surface area contributed by atoms with E-state index in [-0.39, 0.29) is 0 Å². The molecule has 0 aliphatic rings. The van der Waals surface area contributed by atoms with Crippen LogP contribution in [0.5, 0.6) is 0 Å². The van der Waals surface area contributed by atoms with Crippen molar-refractivity contribution in [3.8, 4) is 0 Å². The lowest BCUT2D eigenvalue weighted by atomic mass is 10.0. The SMILES string of the molecule is Cn1nccc1CCC(O)c1ccc(Br)cc1Br. The normalized spacial score (nSPS) is 12.7. The topological polar surface area (TPSA) is 38.0 Å². The maximum Gasteiger partial charge on any atom is 0.0804 e. The predicted octanol–water partition coefficient (Wildman–Crippen LogP) is 3.61. The third kappa shape index (κ3) is 3.22. The monoisotopic (exact) mass is 372 g/mol. The van der Waals surface area contributed by atoms with Gasteiger partial charge in [-0.1, -0.05) is 37.9 Å². The van der Waals surface area contributed by atoms with Gasteiger partial charge >= 0.3 is 0 Å². The molecule has 1 N–H and O–H groups in total. The number of aliphatic hydroxyl groups excluding tert-OH is 1. The van der Waals surface area contributed by atoms with Crippen LogP contribution in [0.4, 0.5) is 0 Å². The van der Waals surface area contributed by atoms with Gasteiger partial charge in [0.25, 0.3) is 0 Å². The third-order valence-corrected chi connectivity index (χ3v) is 4.10. The first-order valence-electron chi connectivity index (χ1n) is 5.68. The van der Waals surface area contributed by atoms with Crippen molar-refractivity contribution >= 4 is 31.9 Å². The lowest BCUT2D eigenvalue weighted by Gasteiger charge is -2.13. The van der Waals surface area contributed by atoms with E-state index in [4.69, 9.17) is 0 Å². The van der Waals surface area contributed by atoms with Gasteiger partial charge in [0.05, 0.1) is 6.10 Å². The summed E-state index contributed by atoms with van der Waals surface area (Å²) in [6, 6.07) is 7.79.